The maximum absolute atomic E-state index is 5.59. The zero-order chi connectivity index (χ0) is 10.6. The fourth-order valence-electron chi connectivity index (χ4n) is 2.47. The molecule has 0 aliphatic heterocycles. The molecule has 3 N–H and O–H groups in total. The van der Waals surface area contributed by atoms with E-state index in [-0.39, 0.29) is 5.41 Å². The molecule has 1 rings (SSSR count). The van der Waals surface area contributed by atoms with Gasteiger partial charge >= 0.3 is 0 Å². The highest BCUT2D eigenvalue weighted by Gasteiger charge is 2.25. The lowest BCUT2D eigenvalue weighted by molar-refractivity contribution is 0.241. The van der Waals surface area contributed by atoms with Crippen molar-refractivity contribution in [1.82, 2.24) is 5.43 Å². The number of hydrogen-bond donors (Lipinski definition) is 2. The van der Waals surface area contributed by atoms with Gasteiger partial charge in [-0.25, -0.2) is 0 Å². The highest BCUT2D eigenvalue weighted by Crippen LogP contribution is 2.31. The van der Waals surface area contributed by atoms with Crippen molar-refractivity contribution in [2.75, 3.05) is 0 Å². The van der Waals surface area contributed by atoms with Gasteiger partial charge in [0.1, 0.15) is 0 Å². The van der Waals surface area contributed by atoms with E-state index in [0.29, 0.717) is 6.04 Å². The van der Waals surface area contributed by atoms with Crippen molar-refractivity contribution in [3.63, 3.8) is 0 Å². The van der Waals surface area contributed by atoms with E-state index in [1.807, 2.05) is 0 Å². The Balaban J connectivity index is 2.26. The van der Waals surface area contributed by atoms with E-state index in [1.165, 1.54) is 38.5 Å². The van der Waals surface area contributed by atoms with Gasteiger partial charge in [-0.05, 0) is 24.2 Å². The molecule has 0 amide bonds. The Hall–Kier alpha value is -0.0800. The van der Waals surface area contributed by atoms with Crippen LogP contribution in [0.2, 0.25) is 0 Å². The standard InChI is InChI=1S/C12H26N2/c1-12(2,3)11(14-13)9-8-10-6-4-5-7-10/h10-11,14H,4-9,13H2,1-3H3. The van der Waals surface area contributed by atoms with Crippen LogP contribution in [-0.4, -0.2) is 6.04 Å². The first-order valence-electron chi connectivity index (χ1n) is 6.00. The van der Waals surface area contributed by atoms with Crippen LogP contribution in [-0.2, 0) is 0 Å². The van der Waals surface area contributed by atoms with E-state index < -0.39 is 0 Å². The summed E-state index contributed by atoms with van der Waals surface area (Å²) >= 11 is 0. The third kappa shape index (κ3) is 3.58. The molecule has 2 heteroatoms. The van der Waals surface area contributed by atoms with Gasteiger partial charge < -0.3 is 0 Å². The van der Waals surface area contributed by atoms with Gasteiger partial charge in [-0.1, -0.05) is 46.5 Å². The molecule has 1 aliphatic carbocycles. The normalized spacial score (nSPS) is 21.4. The summed E-state index contributed by atoms with van der Waals surface area (Å²) in [6.07, 6.45) is 8.36. The molecule has 0 bridgehead atoms. The summed E-state index contributed by atoms with van der Waals surface area (Å²) in [7, 11) is 0. The fraction of sp³-hybridized carbons (Fsp3) is 1.00. The van der Waals surface area contributed by atoms with Gasteiger partial charge in [0.05, 0.1) is 0 Å². The minimum Gasteiger partial charge on any atom is -0.271 e. The molecule has 0 aromatic rings. The summed E-state index contributed by atoms with van der Waals surface area (Å²) in [5.74, 6) is 6.57. The molecule has 0 radical (unpaired) electrons. The maximum Gasteiger partial charge on any atom is 0.0259 e. The zero-order valence-electron chi connectivity index (χ0n) is 9.97. The molecular formula is C12H26N2. The van der Waals surface area contributed by atoms with E-state index in [0.717, 1.165) is 5.92 Å². The van der Waals surface area contributed by atoms with Crippen molar-refractivity contribution in [1.29, 1.82) is 0 Å². The van der Waals surface area contributed by atoms with Gasteiger partial charge in [-0.2, -0.15) is 0 Å². The number of nitrogens with two attached hydrogens (primary N) is 1. The minimum absolute atomic E-state index is 0.285. The smallest absolute Gasteiger partial charge is 0.0259 e. The second-order valence-corrected chi connectivity index (χ2v) is 5.81. The van der Waals surface area contributed by atoms with E-state index in [9.17, 15) is 0 Å². The van der Waals surface area contributed by atoms with Crippen LogP contribution >= 0.6 is 0 Å². The van der Waals surface area contributed by atoms with Crippen LogP contribution in [0.25, 0.3) is 0 Å². The summed E-state index contributed by atoms with van der Waals surface area (Å²) in [6, 6.07) is 0.461. The third-order valence-electron chi connectivity index (χ3n) is 3.58. The van der Waals surface area contributed by atoms with Gasteiger partial charge in [-0.3, -0.25) is 11.3 Å². The number of hydrazine groups is 1. The van der Waals surface area contributed by atoms with Crippen molar-refractivity contribution < 1.29 is 0 Å². The van der Waals surface area contributed by atoms with Gasteiger partial charge in [0.2, 0.25) is 0 Å². The highest BCUT2D eigenvalue weighted by molar-refractivity contribution is 4.80. The summed E-state index contributed by atoms with van der Waals surface area (Å²) in [4.78, 5) is 0. The molecule has 1 fully saturated rings. The first-order chi connectivity index (χ1) is 6.54. The number of nitrogens with one attached hydrogen (secondary N) is 1. The Bertz CT molecular complexity index is 154. The second kappa shape index (κ2) is 5.13. The average Bonchev–Trinajstić information content (AvgIpc) is 2.55. The quantitative estimate of drug-likeness (QED) is 0.538. The van der Waals surface area contributed by atoms with Crippen LogP contribution in [0.15, 0.2) is 0 Å². The van der Waals surface area contributed by atoms with Gasteiger partial charge in [0.15, 0.2) is 0 Å². The molecule has 1 atom stereocenters. The van der Waals surface area contributed by atoms with Crippen LogP contribution < -0.4 is 11.3 Å². The van der Waals surface area contributed by atoms with E-state index in [1.54, 1.807) is 0 Å². The molecule has 2 nitrogen and oxygen atoms in total. The first-order valence-corrected chi connectivity index (χ1v) is 6.00. The SMILES string of the molecule is CC(C)(C)C(CCC1CCCC1)NN. The molecule has 14 heavy (non-hydrogen) atoms. The molecule has 0 spiro atoms. The lowest BCUT2D eigenvalue weighted by Gasteiger charge is -2.30. The molecule has 0 aromatic carbocycles. The molecule has 0 saturated heterocycles. The highest BCUT2D eigenvalue weighted by atomic mass is 15.2. The van der Waals surface area contributed by atoms with Crippen molar-refractivity contribution >= 4 is 0 Å². The summed E-state index contributed by atoms with van der Waals surface area (Å²) < 4.78 is 0. The number of rotatable bonds is 4. The van der Waals surface area contributed by atoms with Crippen LogP contribution in [0.3, 0.4) is 0 Å². The average molecular weight is 198 g/mol. The molecule has 84 valence electrons. The first kappa shape index (κ1) is 12.0. The summed E-state index contributed by atoms with van der Waals surface area (Å²) in [5.41, 5.74) is 3.25. The second-order valence-electron chi connectivity index (χ2n) is 5.81. The van der Waals surface area contributed by atoms with Gasteiger partial charge in [0, 0.05) is 6.04 Å². The molecule has 1 aliphatic rings. The van der Waals surface area contributed by atoms with Crippen LogP contribution in [0.5, 0.6) is 0 Å². The Kier molecular flexibility index (Phi) is 4.39. The topological polar surface area (TPSA) is 38.0 Å². The molecule has 0 heterocycles. The maximum atomic E-state index is 5.59. The predicted molar refractivity (Wildman–Crippen MR) is 61.8 cm³/mol. The predicted octanol–water partition coefficient (Wildman–Crippen LogP) is 2.83. The molecule has 1 saturated carbocycles. The van der Waals surface area contributed by atoms with Crippen LogP contribution in [0, 0.1) is 11.3 Å². The Morgan fingerprint density at radius 1 is 1.29 bits per heavy atom. The van der Waals surface area contributed by atoms with Crippen molar-refractivity contribution in [2.45, 2.75) is 65.3 Å². The molecule has 1 unspecified atom stereocenters. The lowest BCUT2D eigenvalue weighted by Crippen LogP contribution is -2.44. The lowest BCUT2D eigenvalue weighted by atomic mass is 9.83. The van der Waals surface area contributed by atoms with E-state index >= 15 is 0 Å². The third-order valence-corrected chi connectivity index (χ3v) is 3.58. The Morgan fingerprint density at radius 3 is 2.29 bits per heavy atom. The van der Waals surface area contributed by atoms with Crippen molar-refractivity contribution in [3.8, 4) is 0 Å². The molecule has 0 aromatic heterocycles. The Morgan fingerprint density at radius 2 is 1.86 bits per heavy atom. The monoisotopic (exact) mass is 198 g/mol. The Labute approximate surface area is 88.6 Å². The van der Waals surface area contributed by atoms with E-state index in [2.05, 4.69) is 26.2 Å². The summed E-state index contributed by atoms with van der Waals surface area (Å²) in [6.45, 7) is 6.77. The molecular weight excluding hydrogens is 172 g/mol. The van der Waals surface area contributed by atoms with Gasteiger partial charge in [0.25, 0.3) is 0 Å². The largest absolute Gasteiger partial charge is 0.271 e. The van der Waals surface area contributed by atoms with Crippen molar-refractivity contribution in [2.24, 2.45) is 17.2 Å². The fourth-order valence-corrected chi connectivity index (χ4v) is 2.47. The van der Waals surface area contributed by atoms with Crippen LogP contribution in [0.1, 0.15) is 59.3 Å². The van der Waals surface area contributed by atoms with Crippen molar-refractivity contribution in [3.05, 3.63) is 0 Å². The van der Waals surface area contributed by atoms with E-state index in [4.69, 9.17) is 5.84 Å². The summed E-state index contributed by atoms with van der Waals surface area (Å²) in [5, 5.41) is 0. The minimum atomic E-state index is 0.285. The number of hydrogen-bond acceptors (Lipinski definition) is 2. The van der Waals surface area contributed by atoms with Crippen LogP contribution in [0.4, 0.5) is 0 Å². The zero-order valence-corrected chi connectivity index (χ0v) is 9.97. The van der Waals surface area contributed by atoms with Gasteiger partial charge in [-0.15, -0.1) is 0 Å².